The molecule has 0 aliphatic rings. The van der Waals surface area contributed by atoms with Crippen molar-refractivity contribution in [1.29, 1.82) is 0 Å². The largest absolute Gasteiger partial charge is 0.331 e. The first-order valence-corrected chi connectivity index (χ1v) is 5.57. The standard InChI is InChI=1S/C9H7BrN2OS/c1-12-5-4-11-9(12)8(13)6-2-3-7(10)14-6/h2-5H,1H3. The minimum absolute atomic E-state index is 0.0341. The Morgan fingerprint density at radius 2 is 2.36 bits per heavy atom. The fourth-order valence-corrected chi connectivity index (χ4v) is 2.45. The van der Waals surface area contributed by atoms with Crippen LogP contribution in [0.25, 0.3) is 0 Å². The molecular formula is C9H7BrN2OS. The lowest BCUT2D eigenvalue weighted by molar-refractivity contribution is 0.103. The molecule has 0 spiro atoms. The lowest BCUT2D eigenvalue weighted by Crippen LogP contribution is -2.06. The van der Waals surface area contributed by atoms with Gasteiger partial charge in [-0.05, 0) is 28.1 Å². The van der Waals surface area contributed by atoms with Crippen LogP contribution in [0.2, 0.25) is 0 Å². The fourth-order valence-electron chi connectivity index (χ4n) is 1.13. The van der Waals surface area contributed by atoms with Crippen molar-refractivity contribution < 1.29 is 4.79 Å². The van der Waals surface area contributed by atoms with Crippen molar-refractivity contribution in [2.24, 2.45) is 7.05 Å². The van der Waals surface area contributed by atoms with Gasteiger partial charge in [0.15, 0.2) is 5.82 Å². The van der Waals surface area contributed by atoms with Gasteiger partial charge in [0.05, 0.1) is 8.66 Å². The number of hydrogen-bond acceptors (Lipinski definition) is 3. The predicted molar refractivity (Wildman–Crippen MR) is 58.7 cm³/mol. The number of rotatable bonds is 2. The number of ketones is 1. The van der Waals surface area contributed by atoms with Crippen LogP contribution in [0.1, 0.15) is 15.5 Å². The summed E-state index contributed by atoms with van der Waals surface area (Å²) in [5, 5.41) is 0. The smallest absolute Gasteiger partial charge is 0.238 e. The number of thiophene rings is 1. The minimum atomic E-state index is -0.0341. The number of carbonyl (C=O) groups is 1. The van der Waals surface area contributed by atoms with Crippen molar-refractivity contribution in [3.63, 3.8) is 0 Å². The van der Waals surface area contributed by atoms with Crippen LogP contribution in [-0.4, -0.2) is 15.3 Å². The molecule has 72 valence electrons. The van der Waals surface area contributed by atoms with Crippen molar-refractivity contribution in [2.45, 2.75) is 0 Å². The van der Waals surface area contributed by atoms with Gasteiger partial charge in [-0.3, -0.25) is 4.79 Å². The van der Waals surface area contributed by atoms with E-state index in [1.165, 1.54) is 11.3 Å². The summed E-state index contributed by atoms with van der Waals surface area (Å²) >= 11 is 4.74. The molecule has 0 aliphatic heterocycles. The zero-order chi connectivity index (χ0) is 10.1. The van der Waals surface area contributed by atoms with Gasteiger partial charge in [0, 0.05) is 19.4 Å². The van der Waals surface area contributed by atoms with E-state index in [9.17, 15) is 4.79 Å². The minimum Gasteiger partial charge on any atom is -0.331 e. The summed E-state index contributed by atoms with van der Waals surface area (Å²) in [6.07, 6.45) is 3.38. The van der Waals surface area contributed by atoms with E-state index in [-0.39, 0.29) is 5.78 Å². The van der Waals surface area contributed by atoms with Gasteiger partial charge in [-0.25, -0.2) is 4.98 Å². The number of aryl methyl sites for hydroxylation is 1. The first-order chi connectivity index (χ1) is 6.68. The maximum Gasteiger partial charge on any atom is 0.238 e. The average Bonchev–Trinajstić information content (AvgIpc) is 2.73. The zero-order valence-corrected chi connectivity index (χ0v) is 9.80. The highest BCUT2D eigenvalue weighted by Gasteiger charge is 2.15. The second-order valence-electron chi connectivity index (χ2n) is 2.79. The summed E-state index contributed by atoms with van der Waals surface area (Å²) in [5.74, 6) is 0.438. The molecule has 0 unspecified atom stereocenters. The number of hydrogen-bond donors (Lipinski definition) is 0. The number of aromatic nitrogens is 2. The maximum absolute atomic E-state index is 11.8. The van der Waals surface area contributed by atoms with Crippen LogP contribution in [-0.2, 0) is 7.05 Å². The van der Waals surface area contributed by atoms with Gasteiger partial charge >= 0.3 is 0 Å². The summed E-state index contributed by atoms with van der Waals surface area (Å²) in [4.78, 5) is 16.6. The highest BCUT2D eigenvalue weighted by Crippen LogP contribution is 2.23. The van der Waals surface area contributed by atoms with E-state index in [2.05, 4.69) is 20.9 Å². The third kappa shape index (κ3) is 1.65. The molecule has 0 saturated heterocycles. The number of halogens is 1. The van der Waals surface area contributed by atoms with Crippen molar-refractivity contribution in [3.8, 4) is 0 Å². The van der Waals surface area contributed by atoms with Crippen molar-refractivity contribution >= 4 is 33.0 Å². The third-order valence-corrected chi connectivity index (χ3v) is 3.44. The molecule has 2 heterocycles. The van der Waals surface area contributed by atoms with Crippen molar-refractivity contribution in [1.82, 2.24) is 9.55 Å². The van der Waals surface area contributed by atoms with Crippen LogP contribution < -0.4 is 0 Å². The molecule has 0 aliphatic carbocycles. The fraction of sp³-hybridized carbons (Fsp3) is 0.111. The summed E-state index contributed by atoms with van der Waals surface area (Å²) in [7, 11) is 1.81. The Morgan fingerprint density at radius 1 is 1.57 bits per heavy atom. The third-order valence-electron chi connectivity index (χ3n) is 1.82. The van der Waals surface area contributed by atoms with E-state index in [1.807, 2.05) is 13.1 Å². The SMILES string of the molecule is Cn1ccnc1C(=O)c1ccc(Br)s1. The highest BCUT2D eigenvalue weighted by atomic mass is 79.9. The first-order valence-electron chi connectivity index (χ1n) is 3.96. The monoisotopic (exact) mass is 270 g/mol. The summed E-state index contributed by atoms with van der Waals surface area (Å²) in [5.41, 5.74) is 0. The van der Waals surface area contributed by atoms with E-state index in [1.54, 1.807) is 23.0 Å². The van der Waals surface area contributed by atoms with Crippen LogP contribution in [0.3, 0.4) is 0 Å². The Balaban J connectivity index is 2.38. The molecule has 2 rings (SSSR count). The lowest BCUT2D eigenvalue weighted by atomic mass is 10.3. The molecule has 0 N–H and O–H groups in total. The second kappa shape index (κ2) is 3.67. The molecule has 0 atom stereocenters. The molecule has 5 heteroatoms. The first kappa shape index (κ1) is 9.61. The Bertz CT molecular complexity index is 475. The molecule has 0 amide bonds. The van der Waals surface area contributed by atoms with Gasteiger partial charge in [-0.2, -0.15) is 0 Å². The summed E-state index contributed by atoms with van der Waals surface area (Å²) in [6, 6.07) is 3.66. The van der Waals surface area contributed by atoms with E-state index < -0.39 is 0 Å². The van der Waals surface area contributed by atoms with Crippen LogP contribution in [0.4, 0.5) is 0 Å². The lowest BCUT2D eigenvalue weighted by Gasteiger charge is -1.96. The van der Waals surface area contributed by atoms with Gasteiger partial charge < -0.3 is 4.57 Å². The van der Waals surface area contributed by atoms with Crippen molar-refractivity contribution in [3.05, 3.63) is 39.0 Å². The summed E-state index contributed by atoms with van der Waals surface area (Å²) < 4.78 is 2.67. The second-order valence-corrected chi connectivity index (χ2v) is 5.26. The Hall–Kier alpha value is -0.940. The normalized spacial score (nSPS) is 10.4. The molecule has 0 saturated carbocycles. The molecular weight excluding hydrogens is 264 g/mol. The molecule has 0 aromatic carbocycles. The highest BCUT2D eigenvalue weighted by molar-refractivity contribution is 9.11. The Kier molecular flexibility index (Phi) is 2.52. The van der Waals surface area contributed by atoms with Crippen LogP contribution in [0.15, 0.2) is 28.3 Å². The van der Waals surface area contributed by atoms with Crippen LogP contribution >= 0.6 is 27.3 Å². The maximum atomic E-state index is 11.8. The van der Waals surface area contributed by atoms with Gasteiger partial charge in [-0.15, -0.1) is 11.3 Å². The quantitative estimate of drug-likeness (QED) is 0.786. The van der Waals surface area contributed by atoms with Gasteiger partial charge in [0.25, 0.3) is 0 Å². The van der Waals surface area contributed by atoms with Crippen LogP contribution in [0.5, 0.6) is 0 Å². The molecule has 14 heavy (non-hydrogen) atoms. The molecule has 0 bridgehead atoms. The van der Waals surface area contributed by atoms with Crippen LogP contribution in [0, 0.1) is 0 Å². The van der Waals surface area contributed by atoms with E-state index in [0.717, 1.165) is 3.79 Å². The van der Waals surface area contributed by atoms with Gasteiger partial charge in [0.2, 0.25) is 5.78 Å². The van der Waals surface area contributed by atoms with E-state index >= 15 is 0 Å². The van der Waals surface area contributed by atoms with Gasteiger partial charge in [0.1, 0.15) is 0 Å². The molecule has 0 radical (unpaired) electrons. The molecule has 0 fully saturated rings. The number of nitrogens with zero attached hydrogens (tertiary/aromatic N) is 2. The molecule has 2 aromatic rings. The number of imidazole rings is 1. The predicted octanol–water partition coefficient (Wildman–Crippen LogP) is 2.48. The van der Waals surface area contributed by atoms with Crippen molar-refractivity contribution in [2.75, 3.05) is 0 Å². The summed E-state index contributed by atoms with van der Waals surface area (Å²) in [6.45, 7) is 0. The zero-order valence-electron chi connectivity index (χ0n) is 7.40. The van der Waals surface area contributed by atoms with E-state index in [4.69, 9.17) is 0 Å². The average molecular weight is 271 g/mol. The molecule has 2 aromatic heterocycles. The Morgan fingerprint density at radius 3 is 2.86 bits per heavy atom. The topological polar surface area (TPSA) is 34.9 Å². The number of carbonyl (C=O) groups excluding carboxylic acids is 1. The Labute approximate surface area is 93.5 Å². The van der Waals surface area contributed by atoms with E-state index in [0.29, 0.717) is 10.7 Å². The molecule has 3 nitrogen and oxygen atoms in total. The van der Waals surface area contributed by atoms with Gasteiger partial charge in [-0.1, -0.05) is 0 Å².